The Hall–Kier alpha value is -2.01. The molecule has 2 aromatic rings. The monoisotopic (exact) mass is 263 g/mol. The summed E-state index contributed by atoms with van der Waals surface area (Å²) in [6, 6.07) is 11.6. The zero-order chi connectivity index (χ0) is 13.1. The quantitative estimate of drug-likeness (QED) is 0.658. The van der Waals surface area contributed by atoms with Gasteiger partial charge in [-0.15, -0.1) is 0 Å². The van der Waals surface area contributed by atoms with E-state index in [2.05, 4.69) is 0 Å². The maximum Gasteiger partial charge on any atom is 0.168 e. The van der Waals surface area contributed by atoms with Crippen LogP contribution >= 0.6 is 0 Å². The molecule has 0 atom stereocenters. The largest absolute Gasteiger partial charge is 0.457 e. The Labute approximate surface area is 107 Å². The van der Waals surface area contributed by atoms with Crippen molar-refractivity contribution in [2.45, 2.75) is 11.8 Å². The fraction of sp³-hybridized carbons (Fsp3) is 0.0769. The highest BCUT2D eigenvalue weighted by Crippen LogP contribution is 2.26. The van der Waals surface area contributed by atoms with Gasteiger partial charge < -0.3 is 10.5 Å². The molecule has 0 radical (unpaired) electrons. The van der Waals surface area contributed by atoms with Crippen molar-refractivity contribution < 1.29 is 13.2 Å². The van der Waals surface area contributed by atoms with Gasteiger partial charge in [-0.05, 0) is 55.0 Å². The maximum absolute atomic E-state index is 10.7. The van der Waals surface area contributed by atoms with E-state index in [-0.39, 0.29) is 4.90 Å². The molecule has 94 valence electrons. The lowest BCUT2D eigenvalue weighted by Crippen LogP contribution is -1.90. The second-order valence-corrected chi connectivity index (χ2v) is 4.91. The maximum atomic E-state index is 10.7. The van der Waals surface area contributed by atoms with Crippen LogP contribution in [-0.2, 0) is 10.7 Å². The van der Waals surface area contributed by atoms with Crippen LogP contribution in [0, 0.1) is 6.92 Å². The summed E-state index contributed by atoms with van der Waals surface area (Å²) >= 11 is 0. The predicted octanol–water partition coefficient (Wildman–Crippen LogP) is 2.34. The second kappa shape index (κ2) is 5.10. The first-order chi connectivity index (χ1) is 8.56. The van der Waals surface area contributed by atoms with E-state index in [0.29, 0.717) is 17.2 Å². The first-order valence-electron chi connectivity index (χ1n) is 5.35. The molecule has 4 nitrogen and oxygen atoms in total. The number of aryl methyl sites for hydroxylation is 1. The van der Waals surface area contributed by atoms with Crippen LogP contribution in [0.15, 0.2) is 47.4 Å². The number of hydrogen-bond donors (Lipinski definition) is 2. The second-order valence-electron chi connectivity index (χ2n) is 3.88. The topological polar surface area (TPSA) is 69.4 Å². The van der Waals surface area contributed by atoms with Gasteiger partial charge in [0.2, 0.25) is 0 Å². The van der Waals surface area contributed by atoms with E-state index in [1.54, 1.807) is 24.3 Å². The Morgan fingerprint density at radius 3 is 2.28 bits per heavy atom. The summed E-state index contributed by atoms with van der Waals surface area (Å²) < 4.78 is 27.1. The van der Waals surface area contributed by atoms with Crippen molar-refractivity contribution in [1.29, 1.82) is 0 Å². The molecule has 0 saturated heterocycles. The third-order valence-corrected chi connectivity index (χ3v) is 3.19. The van der Waals surface area contributed by atoms with E-state index in [0.717, 1.165) is 5.56 Å². The number of nitrogen functional groups attached to an aromatic ring is 1. The van der Waals surface area contributed by atoms with Crippen LogP contribution in [0.3, 0.4) is 0 Å². The average Bonchev–Trinajstić information content (AvgIpc) is 2.33. The first kappa shape index (κ1) is 12.4. The highest BCUT2D eigenvalue weighted by atomic mass is 32.2. The third kappa shape index (κ3) is 2.81. The van der Waals surface area contributed by atoms with Crippen LogP contribution in [0.1, 0.15) is 5.56 Å². The molecule has 18 heavy (non-hydrogen) atoms. The zero-order valence-corrected chi connectivity index (χ0v) is 10.7. The summed E-state index contributed by atoms with van der Waals surface area (Å²) in [6.07, 6.45) is 0. The van der Waals surface area contributed by atoms with E-state index in [1.165, 1.54) is 12.1 Å². The summed E-state index contributed by atoms with van der Waals surface area (Å²) in [5.74, 6) is 1.28. The van der Waals surface area contributed by atoms with Crippen LogP contribution in [0.4, 0.5) is 5.69 Å². The summed E-state index contributed by atoms with van der Waals surface area (Å²) in [6.45, 7) is 1.90. The molecular weight excluding hydrogens is 250 g/mol. The Morgan fingerprint density at radius 2 is 1.72 bits per heavy atom. The van der Waals surface area contributed by atoms with Gasteiger partial charge >= 0.3 is 0 Å². The van der Waals surface area contributed by atoms with Crippen LogP contribution in [0.5, 0.6) is 11.5 Å². The minimum absolute atomic E-state index is 0.270. The summed E-state index contributed by atoms with van der Waals surface area (Å²) in [4.78, 5) is 0.270. The van der Waals surface area contributed by atoms with Gasteiger partial charge in [-0.25, -0.2) is 8.42 Å². The van der Waals surface area contributed by atoms with Gasteiger partial charge in [-0.2, -0.15) is 0 Å². The number of nitrogens with two attached hydrogens (primary N) is 1. The highest BCUT2D eigenvalue weighted by Gasteiger charge is 2.02. The Morgan fingerprint density at radius 1 is 1.06 bits per heavy atom. The fourth-order valence-corrected chi connectivity index (χ4v) is 1.94. The number of rotatable bonds is 3. The van der Waals surface area contributed by atoms with Gasteiger partial charge in [-0.3, -0.25) is 0 Å². The molecule has 0 bridgehead atoms. The Balaban J connectivity index is 2.23. The van der Waals surface area contributed by atoms with Gasteiger partial charge in [-0.1, -0.05) is 0 Å². The molecule has 0 aliphatic heterocycles. The first-order valence-corrected chi connectivity index (χ1v) is 6.52. The molecule has 2 rings (SSSR count). The number of hydrogen-bond acceptors (Lipinski definition) is 4. The molecule has 0 aliphatic carbocycles. The number of ether oxygens (including phenoxy) is 1. The standard InChI is InChI=1S/C13H13NO3S/c1-9-8-10(14)2-7-13(9)17-11-3-5-12(6-4-11)18(15)16/h2-8,18H,14H2,1H3. The van der Waals surface area contributed by atoms with Crippen molar-refractivity contribution in [3.05, 3.63) is 48.0 Å². The van der Waals surface area contributed by atoms with Gasteiger partial charge in [0.1, 0.15) is 11.5 Å². The van der Waals surface area contributed by atoms with Gasteiger partial charge in [0, 0.05) is 5.69 Å². The molecule has 2 N–H and O–H groups in total. The number of benzene rings is 2. The van der Waals surface area contributed by atoms with Crippen LogP contribution in [0.2, 0.25) is 0 Å². The van der Waals surface area contributed by atoms with E-state index in [9.17, 15) is 8.42 Å². The Kier molecular flexibility index (Phi) is 3.53. The molecule has 0 unspecified atom stereocenters. The molecule has 0 aromatic heterocycles. The molecule has 0 aliphatic rings. The van der Waals surface area contributed by atoms with Crippen LogP contribution in [-0.4, -0.2) is 8.42 Å². The zero-order valence-electron chi connectivity index (χ0n) is 9.79. The summed E-state index contributed by atoms with van der Waals surface area (Å²) in [5.41, 5.74) is 7.26. The lowest BCUT2D eigenvalue weighted by atomic mass is 10.2. The van der Waals surface area contributed by atoms with E-state index in [4.69, 9.17) is 10.5 Å². The van der Waals surface area contributed by atoms with E-state index in [1.807, 2.05) is 13.0 Å². The molecule has 0 fully saturated rings. The fourth-order valence-electron chi connectivity index (χ4n) is 1.55. The lowest BCUT2D eigenvalue weighted by molar-refractivity contribution is 0.478. The van der Waals surface area contributed by atoms with Crippen molar-refractivity contribution >= 4 is 16.4 Å². The van der Waals surface area contributed by atoms with Gasteiger partial charge in [0.05, 0.1) is 4.90 Å². The average molecular weight is 263 g/mol. The minimum Gasteiger partial charge on any atom is -0.457 e. The van der Waals surface area contributed by atoms with Crippen molar-refractivity contribution in [3.63, 3.8) is 0 Å². The highest BCUT2D eigenvalue weighted by molar-refractivity contribution is 7.72. The summed E-state index contributed by atoms with van der Waals surface area (Å²) in [5, 5.41) is 0. The van der Waals surface area contributed by atoms with Crippen molar-refractivity contribution in [2.24, 2.45) is 0 Å². The molecular formula is C13H13NO3S. The third-order valence-electron chi connectivity index (χ3n) is 2.47. The molecule has 0 saturated carbocycles. The van der Waals surface area contributed by atoms with Gasteiger partial charge in [0.25, 0.3) is 0 Å². The number of thiol groups is 1. The molecule has 0 amide bonds. The van der Waals surface area contributed by atoms with Crippen molar-refractivity contribution in [2.75, 3.05) is 5.73 Å². The minimum atomic E-state index is -2.55. The smallest absolute Gasteiger partial charge is 0.168 e. The van der Waals surface area contributed by atoms with Crippen LogP contribution in [0.25, 0.3) is 0 Å². The normalized spacial score (nSPS) is 10.6. The summed E-state index contributed by atoms with van der Waals surface area (Å²) in [7, 11) is -2.55. The molecule has 2 aromatic carbocycles. The molecule has 5 heteroatoms. The van der Waals surface area contributed by atoms with Crippen molar-refractivity contribution in [1.82, 2.24) is 0 Å². The SMILES string of the molecule is Cc1cc(N)ccc1Oc1ccc([SH](=O)=O)cc1. The van der Waals surface area contributed by atoms with Crippen LogP contribution < -0.4 is 10.5 Å². The van der Waals surface area contributed by atoms with Crippen molar-refractivity contribution in [3.8, 4) is 11.5 Å². The van der Waals surface area contributed by atoms with E-state index >= 15 is 0 Å². The predicted molar refractivity (Wildman–Crippen MR) is 70.7 cm³/mol. The molecule has 0 heterocycles. The van der Waals surface area contributed by atoms with Gasteiger partial charge in [0.15, 0.2) is 10.7 Å². The molecule has 0 spiro atoms. The van der Waals surface area contributed by atoms with E-state index < -0.39 is 10.7 Å². The lowest BCUT2D eigenvalue weighted by Gasteiger charge is -2.09. The number of anilines is 1. The Bertz CT molecular complexity index is 625.